The lowest BCUT2D eigenvalue weighted by Crippen LogP contribution is -2.36. The van der Waals surface area contributed by atoms with Crippen LogP contribution in [0.5, 0.6) is 0 Å². The van der Waals surface area contributed by atoms with Crippen LogP contribution in [0.4, 0.5) is 5.82 Å². The van der Waals surface area contributed by atoms with E-state index in [1.165, 1.54) is 11.1 Å². The van der Waals surface area contributed by atoms with Crippen molar-refractivity contribution in [1.29, 1.82) is 0 Å². The molecule has 0 unspecified atom stereocenters. The van der Waals surface area contributed by atoms with Gasteiger partial charge >= 0.3 is 0 Å². The molecule has 1 aliphatic carbocycles. The van der Waals surface area contributed by atoms with Crippen molar-refractivity contribution in [2.45, 2.75) is 38.1 Å². The van der Waals surface area contributed by atoms with E-state index in [0.29, 0.717) is 17.1 Å². The van der Waals surface area contributed by atoms with E-state index in [0.717, 1.165) is 25.7 Å². The van der Waals surface area contributed by atoms with Gasteiger partial charge in [0.05, 0.1) is 0 Å². The van der Waals surface area contributed by atoms with Crippen LogP contribution in [0, 0.1) is 0 Å². The highest BCUT2D eigenvalue weighted by molar-refractivity contribution is 6.04. The molecule has 1 aromatic heterocycles. The average Bonchev–Trinajstić information content (AvgIpc) is 2.97. The van der Waals surface area contributed by atoms with Gasteiger partial charge in [-0.25, -0.2) is 0 Å². The number of amides is 2. The minimum absolute atomic E-state index is 0.183. The Balaban J connectivity index is 1.66. The van der Waals surface area contributed by atoms with Gasteiger partial charge in [-0.05, 0) is 25.0 Å². The Morgan fingerprint density at radius 1 is 1.08 bits per heavy atom. The lowest BCUT2D eigenvalue weighted by atomic mass is 9.95. The van der Waals surface area contributed by atoms with Gasteiger partial charge < -0.3 is 10.6 Å². The topological polar surface area (TPSA) is 76.0 Å². The summed E-state index contributed by atoms with van der Waals surface area (Å²) in [5.41, 5.74) is 0.887. The molecule has 1 aliphatic rings. The van der Waals surface area contributed by atoms with E-state index in [-0.39, 0.29) is 17.9 Å². The fraction of sp³-hybridized carbons (Fsp3) is 0.389. The van der Waals surface area contributed by atoms with E-state index in [4.69, 9.17) is 0 Å². The molecule has 2 aromatic rings. The number of carbonyl (C=O) groups excluding carboxylic acids is 2. The third-order valence-corrected chi connectivity index (χ3v) is 4.33. The van der Waals surface area contributed by atoms with Crippen LogP contribution in [0.3, 0.4) is 0 Å². The second-order valence-corrected chi connectivity index (χ2v) is 6.17. The molecule has 126 valence electrons. The first kappa shape index (κ1) is 16.2. The van der Waals surface area contributed by atoms with Gasteiger partial charge in [-0.2, -0.15) is 5.10 Å². The highest BCUT2D eigenvalue weighted by Crippen LogP contribution is 2.18. The van der Waals surface area contributed by atoms with Crippen LogP contribution >= 0.6 is 0 Å². The van der Waals surface area contributed by atoms with Gasteiger partial charge in [-0.1, -0.05) is 37.5 Å². The summed E-state index contributed by atoms with van der Waals surface area (Å²) in [7, 11) is 1.71. The number of hydrogen-bond donors (Lipinski definition) is 2. The molecule has 0 aliphatic heterocycles. The molecule has 0 bridgehead atoms. The molecular weight excluding hydrogens is 304 g/mol. The van der Waals surface area contributed by atoms with Gasteiger partial charge in [-0.3, -0.25) is 14.3 Å². The van der Waals surface area contributed by atoms with Gasteiger partial charge in [-0.15, -0.1) is 0 Å². The molecule has 0 radical (unpaired) electrons. The monoisotopic (exact) mass is 326 g/mol. The molecule has 1 saturated carbocycles. The predicted octanol–water partition coefficient (Wildman–Crippen LogP) is 2.73. The Morgan fingerprint density at radius 3 is 2.50 bits per heavy atom. The first-order valence-corrected chi connectivity index (χ1v) is 8.35. The number of nitrogens with zero attached hydrogens (tertiary/aromatic N) is 2. The van der Waals surface area contributed by atoms with Crippen molar-refractivity contribution in [3.05, 3.63) is 47.7 Å². The van der Waals surface area contributed by atoms with Crippen LogP contribution in [0.2, 0.25) is 0 Å². The summed E-state index contributed by atoms with van der Waals surface area (Å²) < 4.78 is 1.51. The van der Waals surface area contributed by atoms with Gasteiger partial charge in [0, 0.05) is 24.7 Å². The number of benzene rings is 1. The molecule has 2 N–H and O–H groups in total. The standard InChI is InChI=1S/C18H22N4O2/c1-22-16(20-17(23)13-8-4-2-5-9-13)12-15(21-22)18(24)19-14-10-6-3-7-11-14/h2,4-5,8-9,12,14H,3,6-7,10-11H2,1H3,(H,19,24)(H,20,23). The Kier molecular flexibility index (Phi) is 4.93. The largest absolute Gasteiger partial charge is 0.348 e. The Bertz CT molecular complexity index is 718. The van der Waals surface area contributed by atoms with Gasteiger partial charge in [0.15, 0.2) is 5.69 Å². The van der Waals surface area contributed by atoms with Crippen molar-refractivity contribution in [2.75, 3.05) is 5.32 Å². The first-order chi connectivity index (χ1) is 11.6. The molecule has 6 nitrogen and oxygen atoms in total. The third kappa shape index (κ3) is 3.82. The summed E-state index contributed by atoms with van der Waals surface area (Å²) in [6.45, 7) is 0. The molecule has 0 spiro atoms. The van der Waals surface area contributed by atoms with E-state index in [1.54, 1.807) is 37.4 Å². The van der Waals surface area contributed by atoms with Crippen molar-refractivity contribution in [3.63, 3.8) is 0 Å². The minimum Gasteiger partial charge on any atom is -0.348 e. The first-order valence-electron chi connectivity index (χ1n) is 8.35. The number of aryl methyl sites for hydroxylation is 1. The number of anilines is 1. The van der Waals surface area contributed by atoms with Crippen LogP contribution in [0.15, 0.2) is 36.4 Å². The normalized spacial score (nSPS) is 15.0. The van der Waals surface area contributed by atoms with Crippen LogP contribution in [0.1, 0.15) is 53.0 Å². The van der Waals surface area contributed by atoms with Crippen LogP contribution in [-0.2, 0) is 7.05 Å². The molecular formula is C18H22N4O2. The summed E-state index contributed by atoms with van der Waals surface area (Å²) in [6, 6.07) is 10.8. The second kappa shape index (κ2) is 7.29. The number of rotatable bonds is 4. The minimum atomic E-state index is -0.224. The maximum absolute atomic E-state index is 12.3. The number of aromatic nitrogens is 2. The van der Waals surface area contributed by atoms with E-state index >= 15 is 0 Å². The van der Waals surface area contributed by atoms with E-state index < -0.39 is 0 Å². The number of carbonyl (C=O) groups is 2. The molecule has 1 aromatic carbocycles. The molecule has 24 heavy (non-hydrogen) atoms. The van der Waals surface area contributed by atoms with E-state index in [9.17, 15) is 9.59 Å². The highest BCUT2D eigenvalue weighted by Gasteiger charge is 2.19. The van der Waals surface area contributed by atoms with Gasteiger partial charge in [0.2, 0.25) is 0 Å². The fourth-order valence-electron chi connectivity index (χ4n) is 2.98. The zero-order chi connectivity index (χ0) is 16.9. The molecule has 0 atom stereocenters. The summed E-state index contributed by atoms with van der Waals surface area (Å²) in [5.74, 6) is 0.0909. The fourth-order valence-corrected chi connectivity index (χ4v) is 2.98. The lowest BCUT2D eigenvalue weighted by molar-refractivity contribution is 0.0921. The predicted molar refractivity (Wildman–Crippen MR) is 91.9 cm³/mol. The molecule has 1 fully saturated rings. The quantitative estimate of drug-likeness (QED) is 0.907. The molecule has 1 heterocycles. The average molecular weight is 326 g/mol. The van der Waals surface area contributed by atoms with Crippen molar-refractivity contribution in [2.24, 2.45) is 7.05 Å². The van der Waals surface area contributed by atoms with E-state index in [2.05, 4.69) is 15.7 Å². The Hall–Kier alpha value is -2.63. The summed E-state index contributed by atoms with van der Waals surface area (Å²) in [5, 5.41) is 10.0. The molecule has 2 amide bonds. The zero-order valence-electron chi connectivity index (χ0n) is 13.8. The number of nitrogens with one attached hydrogen (secondary N) is 2. The van der Waals surface area contributed by atoms with Crippen molar-refractivity contribution in [1.82, 2.24) is 15.1 Å². The Labute approximate surface area is 141 Å². The maximum atomic E-state index is 12.3. The van der Waals surface area contributed by atoms with Crippen LogP contribution in [0.25, 0.3) is 0 Å². The van der Waals surface area contributed by atoms with Crippen molar-refractivity contribution < 1.29 is 9.59 Å². The smallest absolute Gasteiger partial charge is 0.272 e. The van der Waals surface area contributed by atoms with Crippen LogP contribution < -0.4 is 10.6 Å². The molecule has 6 heteroatoms. The van der Waals surface area contributed by atoms with Crippen LogP contribution in [-0.4, -0.2) is 27.6 Å². The zero-order valence-corrected chi connectivity index (χ0v) is 13.8. The van der Waals surface area contributed by atoms with Crippen molar-refractivity contribution in [3.8, 4) is 0 Å². The molecule has 0 saturated heterocycles. The SMILES string of the molecule is Cn1nc(C(=O)NC2CCCCC2)cc1NC(=O)c1ccccc1. The van der Waals surface area contributed by atoms with Gasteiger partial charge in [0.1, 0.15) is 5.82 Å². The van der Waals surface area contributed by atoms with Gasteiger partial charge in [0.25, 0.3) is 11.8 Å². The summed E-state index contributed by atoms with van der Waals surface area (Å²) in [6.07, 6.45) is 5.61. The second-order valence-electron chi connectivity index (χ2n) is 6.17. The maximum Gasteiger partial charge on any atom is 0.272 e. The van der Waals surface area contributed by atoms with Crippen molar-refractivity contribution >= 4 is 17.6 Å². The third-order valence-electron chi connectivity index (χ3n) is 4.33. The molecule has 3 rings (SSSR count). The lowest BCUT2D eigenvalue weighted by Gasteiger charge is -2.22. The Morgan fingerprint density at radius 2 is 1.79 bits per heavy atom. The highest BCUT2D eigenvalue weighted by atomic mass is 16.2. The summed E-state index contributed by atoms with van der Waals surface area (Å²) >= 11 is 0. The summed E-state index contributed by atoms with van der Waals surface area (Å²) in [4.78, 5) is 24.5. The van der Waals surface area contributed by atoms with E-state index in [1.807, 2.05) is 6.07 Å². The number of hydrogen-bond acceptors (Lipinski definition) is 3.